The Balaban J connectivity index is 3.31. The van der Waals surface area contributed by atoms with E-state index in [1.54, 1.807) is 0 Å². The highest BCUT2D eigenvalue weighted by atomic mass is 16.5. The zero-order chi connectivity index (χ0) is 9.40. The molecule has 0 aliphatic heterocycles. The summed E-state index contributed by atoms with van der Waals surface area (Å²) in [6.07, 6.45) is 1.18. The van der Waals surface area contributed by atoms with Gasteiger partial charge in [0.1, 0.15) is 12.7 Å². The summed E-state index contributed by atoms with van der Waals surface area (Å²) in [5.41, 5.74) is 0. The standard InChI is InChI=1S/C8H16O4/c1-2-3-4-8(11)12-6-7(10)5-9/h7,9-10H,2-6H2,1H3/t7-/m0/s1. The summed E-state index contributed by atoms with van der Waals surface area (Å²) in [5, 5.41) is 17.2. The van der Waals surface area contributed by atoms with Crippen molar-refractivity contribution in [3.8, 4) is 0 Å². The van der Waals surface area contributed by atoms with E-state index in [0.29, 0.717) is 6.42 Å². The zero-order valence-corrected chi connectivity index (χ0v) is 7.32. The lowest BCUT2D eigenvalue weighted by Gasteiger charge is -2.07. The molecule has 0 radical (unpaired) electrons. The van der Waals surface area contributed by atoms with Crippen LogP contribution in [-0.2, 0) is 9.53 Å². The number of esters is 1. The highest BCUT2D eigenvalue weighted by Gasteiger charge is 2.06. The van der Waals surface area contributed by atoms with E-state index in [4.69, 9.17) is 10.2 Å². The zero-order valence-electron chi connectivity index (χ0n) is 7.32. The Morgan fingerprint density at radius 1 is 1.58 bits per heavy atom. The second-order valence-electron chi connectivity index (χ2n) is 2.62. The molecule has 1 atom stereocenters. The third kappa shape index (κ3) is 6.12. The Hall–Kier alpha value is -0.610. The number of carbonyl (C=O) groups excluding carboxylic acids is 1. The number of ether oxygens (including phenoxy) is 1. The van der Waals surface area contributed by atoms with Gasteiger partial charge in [-0.3, -0.25) is 4.79 Å². The van der Waals surface area contributed by atoms with Crippen molar-refractivity contribution >= 4 is 5.97 Å². The minimum absolute atomic E-state index is 0.112. The predicted octanol–water partition coefficient (Wildman–Crippen LogP) is 0.0730. The summed E-state index contributed by atoms with van der Waals surface area (Å²) >= 11 is 0. The van der Waals surface area contributed by atoms with Crippen molar-refractivity contribution in [2.45, 2.75) is 32.3 Å². The average molecular weight is 176 g/mol. The van der Waals surface area contributed by atoms with Crippen molar-refractivity contribution in [2.75, 3.05) is 13.2 Å². The van der Waals surface area contributed by atoms with E-state index < -0.39 is 6.10 Å². The van der Waals surface area contributed by atoms with E-state index in [9.17, 15) is 4.79 Å². The van der Waals surface area contributed by atoms with Gasteiger partial charge in [-0.05, 0) is 6.42 Å². The quantitative estimate of drug-likeness (QED) is 0.562. The Bertz CT molecular complexity index is 124. The molecule has 0 aromatic heterocycles. The number of hydrogen-bond acceptors (Lipinski definition) is 4. The van der Waals surface area contributed by atoms with Gasteiger partial charge >= 0.3 is 5.97 Å². The fourth-order valence-electron chi connectivity index (χ4n) is 0.635. The summed E-state index contributed by atoms with van der Waals surface area (Å²) in [4.78, 5) is 10.8. The highest BCUT2D eigenvalue weighted by Crippen LogP contribution is 1.96. The lowest BCUT2D eigenvalue weighted by molar-refractivity contribution is -0.147. The topological polar surface area (TPSA) is 66.8 Å². The van der Waals surface area contributed by atoms with Crippen molar-refractivity contribution in [1.82, 2.24) is 0 Å². The number of rotatable bonds is 6. The normalized spacial score (nSPS) is 12.6. The highest BCUT2D eigenvalue weighted by molar-refractivity contribution is 5.69. The SMILES string of the molecule is CCCCC(=O)OC[C@@H](O)CO. The number of carbonyl (C=O) groups is 1. The van der Waals surface area contributed by atoms with Crippen LogP contribution in [0.1, 0.15) is 26.2 Å². The summed E-state index contributed by atoms with van der Waals surface area (Å²) in [5.74, 6) is -0.315. The number of hydrogen-bond donors (Lipinski definition) is 2. The molecule has 4 nitrogen and oxygen atoms in total. The molecule has 0 unspecified atom stereocenters. The molecule has 4 heteroatoms. The lowest BCUT2D eigenvalue weighted by atomic mass is 10.2. The first-order valence-corrected chi connectivity index (χ1v) is 4.15. The van der Waals surface area contributed by atoms with Crippen LogP contribution in [0.5, 0.6) is 0 Å². The first-order chi connectivity index (χ1) is 5.70. The van der Waals surface area contributed by atoms with Crippen LogP contribution in [0.3, 0.4) is 0 Å². The average Bonchev–Trinajstić information content (AvgIpc) is 2.10. The fraction of sp³-hybridized carbons (Fsp3) is 0.875. The van der Waals surface area contributed by atoms with Crippen LogP contribution in [0.2, 0.25) is 0 Å². The van der Waals surface area contributed by atoms with Crippen molar-refractivity contribution in [1.29, 1.82) is 0 Å². The minimum Gasteiger partial charge on any atom is -0.463 e. The molecule has 0 aliphatic rings. The first kappa shape index (κ1) is 11.4. The van der Waals surface area contributed by atoms with Gasteiger partial charge in [0.15, 0.2) is 0 Å². The van der Waals surface area contributed by atoms with Crippen LogP contribution in [0.4, 0.5) is 0 Å². The van der Waals surface area contributed by atoms with Crippen LogP contribution in [0.15, 0.2) is 0 Å². The van der Waals surface area contributed by atoms with Crippen molar-refractivity contribution in [3.63, 3.8) is 0 Å². The van der Waals surface area contributed by atoms with Gasteiger partial charge in [-0.25, -0.2) is 0 Å². The molecule has 0 saturated carbocycles. The van der Waals surface area contributed by atoms with E-state index in [-0.39, 0.29) is 19.2 Å². The molecule has 0 aromatic carbocycles. The summed E-state index contributed by atoms with van der Waals surface area (Å²) in [6, 6.07) is 0. The molecule has 0 saturated heterocycles. The number of aliphatic hydroxyl groups excluding tert-OH is 2. The van der Waals surface area contributed by atoms with E-state index in [2.05, 4.69) is 4.74 Å². The Labute approximate surface area is 72.2 Å². The Morgan fingerprint density at radius 3 is 2.75 bits per heavy atom. The van der Waals surface area contributed by atoms with Gasteiger partial charge in [-0.1, -0.05) is 13.3 Å². The first-order valence-electron chi connectivity index (χ1n) is 4.15. The molecule has 72 valence electrons. The van der Waals surface area contributed by atoms with Gasteiger partial charge in [0.05, 0.1) is 6.61 Å². The monoisotopic (exact) mass is 176 g/mol. The van der Waals surface area contributed by atoms with Gasteiger partial charge in [0.25, 0.3) is 0 Å². The van der Waals surface area contributed by atoms with E-state index in [0.717, 1.165) is 12.8 Å². The maximum absolute atomic E-state index is 10.8. The molecule has 0 heterocycles. The van der Waals surface area contributed by atoms with Gasteiger partial charge in [0, 0.05) is 6.42 Å². The van der Waals surface area contributed by atoms with Crippen LogP contribution in [-0.4, -0.2) is 35.5 Å². The molecule has 0 amide bonds. The molecule has 0 bridgehead atoms. The molecular weight excluding hydrogens is 160 g/mol. The van der Waals surface area contributed by atoms with Crippen LogP contribution in [0, 0.1) is 0 Å². The second kappa shape index (κ2) is 7.06. The van der Waals surface area contributed by atoms with Gasteiger partial charge in [-0.15, -0.1) is 0 Å². The molecule has 0 spiro atoms. The molecule has 0 fully saturated rings. The van der Waals surface area contributed by atoms with Crippen LogP contribution in [0.25, 0.3) is 0 Å². The smallest absolute Gasteiger partial charge is 0.305 e. The maximum atomic E-state index is 10.8. The molecule has 2 N–H and O–H groups in total. The summed E-state index contributed by atoms with van der Waals surface area (Å²) in [6.45, 7) is 1.50. The van der Waals surface area contributed by atoms with Crippen LogP contribution < -0.4 is 0 Å². The van der Waals surface area contributed by atoms with Gasteiger partial charge in [0.2, 0.25) is 0 Å². The summed E-state index contributed by atoms with van der Waals surface area (Å²) in [7, 11) is 0. The lowest BCUT2D eigenvalue weighted by Crippen LogP contribution is -2.21. The van der Waals surface area contributed by atoms with Crippen molar-refractivity contribution < 1.29 is 19.7 Å². The Morgan fingerprint density at radius 2 is 2.25 bits per heavy atom. The maximum Gasteiger partial charge on any atom is 0.305 e. The minimum atomic E-state index is -0.949. The third-order valence-corrected chi connectivity index (χ3v) is 1.38. The number of aliphatic hydroxyl groups is 2. The van der Waals surface area contributed by atoms with E-state index in [1.165, 1.54) is 0 Å². The largest absolute Gasteiger partial charge is 0.463 e. The third-order valence-electron chi connectivity index (χ3n) is 1.38. The predicted molar refractivity (Wildman–Crippen MR) is 43.6 cm³/mol. The second-order valence-corrected chi connectivity index (χ2v) is 2.62. The van der Waals surface area contributed by atoms with Gasteiger partial charge in [-0.2, -0.15) is 0 Å². The molecule has 0 aromatic rings. The molecule has 12 heavy (non-hydrogen) atoms. The summed E-state index contributed by atoms with van der Waals surface area (Å²) < 4.78 is 4.65. The van der Waals surface area contributed by atoms with Gasteiger partial charge < -0.3 is 14.9 Å². The van der Waals surface area contributed by atoms with E-state index >= 15 is 0 Å². The molecular formula is C8H16O4. The van der Waals surface area contributed by atoms with E-state index in [1.807, 2.05) is 6.92 Å². The van der Waals surface area contributed by atoms with Crippen molar-refractivity contribution in [3.05, 3.63) is 0 Å². The Kier molecular flexibility index (Phi) is 6.70. The molecule has 0 aliphatic carbocycles. The fourth-order valence-corrected chi connectivity index (χ4v) is 0.635. The molecule has 0 rings (SSSR count). The number of unbranched alkanes of at least 4 members (excludes halogenated alkanes) is 1. The van der Waals surface area contributed by atoms with Crippen molar-refractivity contribution in [2.24, 2.45) is 0 Å². The van der Waals surface area contributed by atoms with Crippen LogP contribution >= 0.6 is 0 Å².